The molecule has 1 rings (SSSR count). The van der Waals surface area contributed by atoms with E-state index in [-0.39, 0.29) is 17.2 Å². The molecule has 0 fully saturated rings. The molecule has 0 radical (unpaired) electrons. The van der Waals surface area contributed by atoms with Gasteiger partial charge in [-0.25, -0.2) is 0 Å². The number of phenolic OH excluding ortho intramolecular Hbond substituents is 3. The van der Waals surface area contributed by atoms with Gasteiger partial charge < -0.3 is 21.1 Å². The van der Waals surface area contributed by atoms with Crippen molar-refractivity contribution in [2.75, 3.05) is 0 Å². The number of aromatic hydroxyl groups is 3. The largest absolute Gasteiger partial charge is 0.508 e. The van der Waals surface area contributed by atoms with Gasteiger partial charge in [0.15, 0.2) is 0 Å². The van der Waals surface area contributed by atoms with Crippen LogP contribution in [-0.4, -0.2) is 15.3 Å². The summed E-state index contributed by atoms with van der Waals surface area (Å²) in [6.07, 6.45) is 0.659. The molecule has 4 nitrogen and oxygen atoms in total. The average molecular weight is 211 g/mol. The molecule has 1 aromatic rings. The standard InChI is InChI=1S/C11H17NO3/c1-6(2)3-8(12)11-9(14)4-7(13)5-10(11)15/h4-6,8,13-15H,3,12H2,1-2H3/t8-/m0/s1. The Labute approximate surface area is 89.0 Å². The first kappa shape index (κ1) is 11.7. The zero-order chi connectivity index (χ0) is 11.6. The van der Waals surface area contributed by atoms with Crippen molar-refractivity contribution in [3.63, 3.8) is 0 Å². The Kier molecular flexibility index (Phi) is 3.42. The quantitative estimate of drug-likeness (QED) is 0.614. The molecular weight excluding hydrogens is 194 g/mol. The van der Waals surface area contributed by atoms with E-state index >= 15 is 0 Å². The summed E-state index contributed by atoms with van der Waals surface area (Å²) in [5.41, 5.74) is 6.14. The third kappa shape index (κ3) is 2.76. The smallest absolute Gasteiger partial charge is 0.127 e. The second kappa shape index (κ2) is 4.40. The lowest BCUT2D eigenvalue weighted by Gasteiger charge is -2.17. The molecule has 0 saturated carbocycles. The molecule has 84 valence electrons. The van der Waals surface area contributed by atoms with Gasteiger partial charge in [0.25, 0.3) is 0 Å². The molecule has 4 heteroatoms. The summed E-state index contributed by atoms with van der Waals surface area (Å²) in [6.45, 7) is 4.02. The predicted octanol–water partition coefficient (Wildman–Crippen LogP) is 1.85. The van der Waals surface area contributed by atoms with Crippen molar-refractivity contribution in [1.29, 1.82) is 0 Å². The lowest BCUT2D eigenvalue weighted by atomic mass is 9.96. The van der Waals surface area contributed by atoms with Crippen molar-refractivity contribution in [1.82, 2.24) is 0 Å². The van der Waals surface area contributed by atoms with Crippen LogP contribution in [0.2, 0.25) is 0 Å². The number of rotatable bonds is 3. The monoisotopic (exact) mass is 211 g/mol. The van der Waals surface area contributed by atoms with Crippen LogP contribution in [0.4, 0.5) is 0 Å². The number of benzene rings is 1. The maximum atomic E-state index is 9.56. The fraction of sp³-hybridized carbons (Fsp3) is 0.455. The van der Waals surface area contributed by atoms with E-state index in [4.69, 9.17) is 10.8 Å². The van der Waals surface area contributed by atoms with Crippen LogP contribution in [0.15, 0.2) is 12.1 Å². The topological polar surface area (TPSA) is 86.7 Å². The molecule has 15 heavy (non-hydrogen) atoms. The Morgan fingerprint density at radius 1 is 1.13 bits per heavy atom. The predicted molar refractivity (Wildman–Crippen MR) is 57.8 cm³/mol. The van der Waals surface area contributed by atoms with Gasteiger partial charge in [0.2, 0.25) is 0 Å². The van der Waals surface area contributed by atoms with Crippen LogP contribution in [0.5, 0.6) is 17.2 Å². The SMILES string of the molecule is CC(C)C[C@H](N)c1c(O)cc(O)cc1O. The fourth-order valence-corrected chi connectivity index (χ4v) is 1.61. The number of hydrogen-bond donors (Lipinski definition) is 4. The lowest BCUT2D eigenvalue weighted by Crippen LogP contribution is -2.13. The van der Waals surface area contributed by atoms with Gasteiger partial charge >= 0.3 is 0 Å². The third-order valence-corrected chi connectivity index (χ3v) is 2.22. The van der Waals surface area contributed by atoms with Crippen molar-refractivity contribution in [2.24, 2.45) is 11.7 Å². The summed E-state index contributed by atoms with van der Waals surface area (Å²) in [4.78, 5) is 0. The Bertz CT molecular complexity index is 327. The average Bonchev–Trinajstić information content (AvgIpc) is 1.99. The molecule has 0 aliphatic heterocycles. The molecular formula is C11H17NO3. The number of nitrogens with two attached hydrogens (primary N) is 1. The Morgan fingerprint density at radius 3 is 2.00 bits per heavy atom. The van der Waals surface area contributed by atoms with Crippen LogP contribution in [0.1, 0.15) is 31.9 Å². The van der Waals surface area contributed by atoms with Gasteiger partial charge in [-0.15, -0.1) is 0 Å². The van der Waals surface area contributed by atoms with E-state index in [9.17, 15) is 10.2 Å². The Morgan fingerprint density at radius 2 is 1.60 bits per heavy atom. The highest BCUT2D eigenvalue weighted by molar-refractivity contribution is 5.50. The van der Waals surface area contributed by atoms with Gasteiger partial charge in [0.05, 0.1) is 5.56 Å². The summed E-state index contributed by atoms with van der Waals surface area (Å²) in [7, 11) is 0. The molecule has 0 aliphatic rings. The minimum absolute atomic E-state index is 0.166. The first-order valence-electron chi connectivity index (χ1n) is 4.92. The first-order valence-corrected chi connectivity index (χ1v) is 4.92. The van der Waals surface area contributed by atoms with E-state index in [1.807, 2.05) is 13.8 Å². The van der Waals surface area contributed by atoms with Crippen molar-refractivity contribution in [2.45, 2.75) is 26.3 Å². The normalized spacial score (nSPS) is 13.1. The fourth-order valence-electron chi connectivity index (χ4n) is 1.61. The second-order valence-electron chi connectivity index (χ2n) is 4.13. The highest BCUT2D eigenvalue weighted by atomic mass is 16.3. The third-order valence-electron chi connectivity index (χ3n) is 2.22. The second-order valence-corrected chi connectivity index (χ2v) is 4.13. The van der Waals surface area contributed by atoms with Crippen molar-refractivity contribution in [3.8, 4) is 17.2 Å². The van der Waals surface area contributed by atoms with E-state index in [1.54, 1.807) is 0 Å². The minimum Gasteiger partial charge on any atom is -0.508 e. The van der Waals surface area contributed by atoms with Gasteiger partial charge in [-0.05, 0) is 12.3 Å². The molecule has 0 heterocycles. The maximum Gasteiger partial charge on any atom is 0.127 e. The summed E-state index contributed by atoms with van der Waals surface area (Å²) in [5, 5.41) is 28.2. The van der Waals surface area contributed by atoms with E-state index in [0.717, 1.165) is 0 Å². The van der Waals surface area contributed by atoms with Crippen LogP contribution in [-0.2, 0) is 0 Å². The molecule has 0 amide bonds. The van der Waals surface area contributed by atoms with Crippen molar-refractivity contribution < 1.29 is 15.3 Å². The molecule has 0 aromatic heterocycles. The zero-order valence-electron chi connectivity index (χ0n) is 8.94. The van der Waals surface area contributed by atoms with Crippen LogP contribution in [0.3, 0.4) is 0 Å². The summed E-state index contributed by atoms with van der Waals surface area (Å²) in [5.74, 6) is -0.139. The number of hydrogen-bond acceptors (Lipinski definition) is 4. The summed E-state index contributed by atoms with van der Waals surface area (Å²) in [6, 6.07) is 1.93. The van der Waals surface area contributed by atoms with Gasteiger partial charge in [0, 0.05) is 18.2 Å². The molecule has 0 aliphatic carbocycles. The van der Waals surface area contributed by atoms with E-state index in [0.29, 0.717) is 17.9 Å². The lowest BCUT2D eigenvalue weighted by molar-refractivity contribution is 0.401. The Balaban J connectivity index is 3.03. The van der Waals surface area contributed by atoms with Crippen LogP contribution >= 0.6 is 0 Å². The molecule has 5 N–H and O–H groups in total. The van der Waals surface area contributed by atoms with Gasteiger partial charge in [0.1, 0.15) is 17.2 Å². The van der Waals surface area contributed by atoms with E-state index < -0.39 is 6.04 Å². The van der Waals surface area contributed by atoms with E-state index in [2.05, 4.69) is 0 Å². The molecule has 0 saturated heterocycles. The van der Waals surface area contributed by atoms with Crippen LogP contribution in [0.25, 0.3) is 0 Å². The van der Waals surface area contributed by atoms with Crippen LogP contribution < -0.4 is 5.73 Å². The van der Waals surface area contributed by atoms with Gasteiger partial charge in [-0.2, -0.15) is 0 Å². The summed E-state index contributed by atoms with van der Waals surface area (Å²) >= 11 is 0. The first-order chi connectivity index (χ1) is 6.91. The highest BCUT2D eigenvalue weighted by Gasteiger charge is 2.17. The maximum absolute atomic E-state index is 9.56. The molecule has 1 aromatic carbocycles. The molecule has 1 atom stereocenters. The molecule has 0 unspecified atom stereocenters. The minimum atomic E-state index is -0.425. The zero-order valence-corrected chi connectivity index (χ0v) is 8.94. The molecule has 0 spiro atoms. The summed E-state index contributed by atoms with van der Waals surface area (Å²) < 4.78 is 0. The van der Waals surface area contributed by atoms with E-state index in [1.165, 1.54) is 12.1 Å². The van der Waals surface area contributed by atoms with Crippen molar-refractivity contribution >= 4 is 0 Å². The van der Waals surface area contributed by atoms with Gasteiger partial charge in [-0.1, -0.05) is 13.8 Å². The van der Waals surface area contributed by atoms with Gasteiger partial charge in [-0.3, -0.25) is 0 Å². The van der Waals surface area contributed by atoms with Crippen LogP contribution in [0, 0.1) is 5.92 Å². The van der Waals surface area contributed by atoms with Crippen molar-refractivity contribution in [3.05, 3.63) is 17.7 Å². The molecule has 0 bridgehead atoms. The Hall–Kier alpha value is -1.42. The number of phenols is 3. The highest BCUT2D eigenvalue weighted by Crippen LogP contribution is 2.37.